The van der Waals surface area contributed by atoms with E-state index in [1.165, 1.54) is 89.0 Å². The molecule has 9 rings (SSSR count). The van der Waals surface area contributed by atoms with Gasteiger partial charge < -0.3 is 9.84 Å². The predicted molar refractivity (Wildman–Crippen MR) is 248 cm³/mol. The first kappa shape index (κ1) is 44.1. The van der Waals surface area contributed by atoms with Crippen LogP contribution in [0.3, 0.4) is 0 Å². The zero-order valence-corrected chi connectivity index (χ0v) is 40.9. The Morgan fingerprint density at radius 2 is 1.48 bits per heavy atom. The molecule has 0 aromatic carbocycles. The molecular formula is C57H92O3. The molecule has 2 unspecified atom stereocenters. The second-order valence-corrected chi connectivity index (χ2v) is 26.8. The molecule has 0 radical (unpaired) electrons. The van der Waals surface area contributed by atoms with Gasteiger partial charge in [-0.2, -0.15) is 0 Å². The predicted octanol–water partition coefficient (Wildman–Crippen LogP) is 15.0. The molecule has 9 aliphatic carbocycles. The molecule has 1 N–H and O–H groups in total. The van der Waals surface area contributed by atoms with Crippen LogP contribution in [-0.2, 0) is 9.53 Å². The maximum Gasteiger partial charge on any atom is 0.312 e. The number of rotatable bonds is 8. The summed E-state index contributed by atoms with van der Waals surface area (Å²) in [5.74, 6) is 7.84. The fourth-order valence-electron chi connectivity index (χ4n) is 20.5. The van der Waals surface area contributed by atoms with Crippen LogP contribution >= 0.6 is 0 Å². The number of aliphatic hydroxyl groups is 1. The number of fused-ring (bicyclic) bond motifs is 12. The fraction of sp³-hybridized carbons (Fsp3) is 0.912. The van der Waals surface area contributed by atoms with E-state index < -0.39 is 0 Å². The number of esters is 1. The van der Waals surface area contributed by atoms with E-state index in [4.69, 9.17) is 4.74 Å². The highest BCUT2D eigenvalue weighted by molar-refractivity contribution is 5.78. The van der Waals surface area contributed by atoms with Crippen LogP contribution in [0.25, 0.3) is 0 Å². The van der Waals surface area contributed by atoms with Gasteiger partial charge in [-0.1, -0.05) is 112 Å². The fourth-order valence-corrected chi connectivity index (χ4v) is 20.5. The van der Waals surface area contributed by atoms with Crippen LogP contribution in [0.2, 0.25) is 0 Å². The van der Waals surface area contributed by atoms with Crippen molar-refractivity contribution in [1.29, 1.82) is 0 Å². The standard InChI is InChI=1S/C57H92O3/c1-35(2)14-13-15-37(5)42-18-19-43-41-17-16-38-34-39(22-27-52(38,8)44(41)24-28-53(42,43)9)60-50(59)57-31-23-40(36(3)4)49(57)45-20-21-47-54(10)29-26-48(58)51(6,7)46(54)25-30-56(47,12)55(45,11)32-33-57/h16,35,37,39-49,58H,3,13-15,17-34H2,1-2,4-12H3/t37-,39-,40+,41+,42-,43+,44+,45-,46?,47-,48+,49?,52+,53-,54+,55-,56-,57+/m1/s1. The SMILES string of the molecule is C=C(C)[C@@H]1CC[C@]2(C(=O)O[C@@H]3CC[C@@]4(C)C(=CC[C@H]5[C@@H]6CC[C@H]([C@H](C)CCCC(C)C)[C@@]6(C)CC[C@@H]54)C3)CC[C@]3(C)[C@H](CC[C@@H]4[C@@]5(C)CC[C@H](O)C(C)(C)C5CC[C@]43C)C12. The minimum atomic E-state index is -0.361. The molecule has 0 bridgehead atoms. The van der Waals surface area contributed by atoms with Gasteiger partial charge >= 0.3 is 5.97 Å². The highest BCUT2D eigenvalue weighted by Crippen LogP contribution is 2.78. The Hall–Kier alpha value is -1.09. The average molecular weight is 825 g/mol. The molecule has 0 saturated heterocycles. The van der Waals surface area contributed by atoms with Gasteiger partial charge in [0.15, 0.2) is 0 Å². The summed E-state index contributed by atoms with van der Waals surface area (Å²) in [4.78, 5) is 15.2. The minimum Gasteiger partial charge on any atom is -0.462 e. The van der Waals surface area contributed by atoms with Crippen LogP contribution in [-0.4, -0.2) is 23.3 Å². The third kappa shape index (κ3) is 6.16. The van der Waals surface area contributed by atoms with Crippen molar-refractivity contribution in [2.24, 2.45) is 103 Å². The number of aliphatic hydroxyl groups excluding tert-OH is 1. The summed E-state index contributed by atoms with van der Waals surface area (Å²) in [6.07, 6.45) is 28.3. The Morgan fingerprint density at radius 3 is 2.22 bits per heavy atom. The van der Waals surface area contributed by atoms with E-state index in [-0.39, 0.29) is 50.7 Å². The van der Waals surface area contributed by atoms with Crippen molar-refractivity contribution in [3.8, 4) is 0 Å². The molecule has 0 amide bonds. The normalized spacial score (nSPS) is 52.0. The Kier molecular flexibility index (Phi) is 11.0. The monoisotopic (exact) mass is 825 g/mol. The Bertz CT molecular complexity index is 1710. The Labute approximate surface area is 369 Å². The van der Waals surface area contributed by atoms with Crippen molar-refractivity contribution in [2.45, 2.75) is 223 Å². The molecule has 3 nitrogen and oxygen atoms in total. The maximum absolute atomic E-state index is 15.2. The van der Waals surface area contributed by atoms with Gasteiger partial charge in [0.05, 0.1) is 11.5 Å². The highest BCUT2D eigenvalue weighted by atomic mass is 16.5. The van der Waals surface area contributed by atoms with E-state index in [1.807, 2.05) is 0 Å². The van der Waals surface area contributed by atoms with Crippen LogP contribution in [0.4, 0.5) is 0 Å². The molecule has 0 aromatic heterocycles. The maximum atomic E-state index is 15.2. The quantitative estimate of drug-likeness (QED) is 0.196. The third-order valence-electron chi connectivity index (χ3n) is 24.0. The van der Waals surface area contributed by atoms with E-state index in [9.17, 15) is 5.11 Å². The summed E-state index contributed by atoms with van der Waals surface area (Å²) < 4.78 is 7.00. The molecule has 8 saturated carbocycles. The van der Waals surface area contributed by atoms with Crippen LogP contribution < -0.4 is 0 Å². The van der Waals surface area contributed by atoms with Gasteiger partial charge in [0.2, 0.25) is 0 Å². The van der Waals surface area contributed by atoms with Crippen LogP contribution in [0, 0.1) is 103 Å². The summed E-state index contributed by atoms with van der Waals surface area (Å²) in [6.45, 7) is 32.4. The average Bonchev–Trinajstić information content (AvgIpc) is 3.76. The lowest BCUT2D eigenvalue weighted by atomic mass is 9.32. The van der Waals surface area contributed by atoms with E-state index in [2.05, 4.69) is 88.8 Å². The van der Waals surface area contributed by atoms with Crippen molar-refractivity contribution >= 4 is 5.97 Å². The van der Waals surface area contributed by atoms with Gasteiger partial charge in [0.25, 0.3) is 0 Å². The van der Waals surface area contributed by atoms with Crippen molar-refractivity contribution in [2.75, 3.05) is 0 Å². The Balaban J connectivity index is 0.912. The zero-order valence-electron chi connectivity index (χ0n) is 40.9. The second-order valence-electron chi connectivity index (χ2n) is 26.8. The number of hydrogen-bond acceptors (Lipinski definition) is 3. The number of carbonyl (C=O) groups is 1. The molecule has 60 heavy (non-hydrogen) atoms. The topological polar surface area (TPSA) is 46.5 Å². The molecule has 8 fully saturated rings. The number of carbonyl (C=O) groups excluding carboxylic acids is 1. The van der Waals surface area contributed by atoms with Crippen LogP contribution in [0.15, 0.2) is 23.8 Å². The molecule has 0 aliphatic heterocycles. The largest absolute Gasteiger partial charge is 0.462 e. The minimum absolute atomic E-state index is 0.0252. The number of allylic oxidation sites excluding steroid dienone is 2. The molecular weight excluding hydrogens is 733 g/mol. The first-order valence-electron chi connectivity index (χ1n) is 26.4. The lowest BCUT2D eigenvalue weighted by molar-refractivity contribution is -0.249. The third-order valence-corrected chi connectivity index (χ3v) is 24.0. The highest BCUT2D eigenvalue weighted by Gasteiger charge is 2.72. The molecule has 0 spiro atoms. The van der Waals surface area contributed by atoms with Gasteiger partial charge in [-0.05, 0) is 214 Å². The van der Waals surface area contributed by atoms with E-state index in [0.29, 0.717) is 35.0 Å². The summed E-state index contributed by atoms with van der Waals surface area (Å²) >= 11 is 0. The lowest BCUT2D eigenvalue weighted by Crippen LogP contribution is -2.67. The summed E-state index contributed by atoms with van der Waals surface area (Å²) in [5, 5.41) is 11.2. The molecule has 0 heterocycles. The van der Waals surface area contributed by atoms with E-state index >= 15 is 4.79 Å². The number of ether oxygens (including phenoxy) is 1. The number of hydrogen-bond donors (Lipinski definition) is 1. The van der Waals surface area contributed by atoms with Gasteiger partial charge in [-0.15, -0.1) is 0 Å². The molecule has 9 aliphatic rings. The first-order chi connectivity index (χ1) is 28.2. The van der Waals surface area contributed by atoms with Gasteiger partial charge in [0.1, 0.15) is 6.10 Å². The second kappa shape index (κ2) is 15.0. The molecule has 0 aromatic rings. The van der Waals surface area contributed by atoms with E-state index in [0.717, 1.165) is 86.9 Å². The summed E-state index contributed by atoms with van der Waals surface area (Å²) in [6, 6.07) is 0. The van der Waals surface area contributed by atoms with Gasteiger partial charge in [-0.25, -0.2) is 0 Å². The van der Waals surface area contributed by atoms with E-state index in [1.54, 1.807) is 5.57 Å². The van der Waals surface area contributed by atoms with Crippen molar-refractivity contribution in [1.82, 2.24) is 0 Å². The zero-order chi connectivity index (χ0) is 43.0. The lowest BCUT2D eigenvalue weighted by Gasteiger charge is -2.72. The first-order valence-corrected chi connectivity index (χ1v) is 26.4. The molecule has 338 valence electrons. The van der Waals surface area contributed by atoms with Crippen molar-refractivity contribution in [3.05, 3.63) is 23.8 Å². The molecule has 18 atom stereocenters. The van der Waals surface area contributed by atoms with Crippen molar-refractivity contribution < 1.29 is 14.6 Å². The van der Waals surface area contributed by atoms with Gasteiger partial charge in [-0.3, -0.25) is 4.79 Å². The molecule has 3 heteroatoms. The van der Waals surface area contributed by atoms with Crippen molar-refractivity contribution in [3.63, 3.8) is 0 Å². The van der Waals surface area contributed by atoms with Gasteiger partial charge in [0, 0.05) is 6.42 Å². The summed E-state index contributed by atoms with van der Waals surface area (Å²) in [7, 11) is 0. The van der Waals surface area contributed by atoms with Crippen LogP contribution in [0.1, 0.15) is 211 Å². The smallest absolute Gasteiger partial charge is 0.312 e. The summed E-state index contributed by atoms with van der Waals surface area (Å²) in [5.41, 5.74) is 4.08. The van der Waals surface area contributed by atoms with Crippen LogP contribution in [0.5, 0.6) is 0 Å². The Morgan fingerprint density at radius 1 is 0.750 bits per heavy atom.